The van der Waals surface area contributed by atoms with Gasteiger partial charge in [-0.3, -0.25) is 0 Å². The highest BCUT2D eigenvalue weighted by Crippen LogP contribution is 2.39. The van der Waals surface area contributed by atoms with E-state index >= 15 is 0 Å². The van der Waals surface area contributed by atoms with Gasteiger partial charge in [-0.25, -0.2) is 0 Å². The zero-order chi connectivity index (χ0) is 15.7. The van der Waals surface area contributed by atoms with E-state index in [1.54, 1.807) is 13.8 Å². The fourth-order valence-electron chi connectivity index (χ4n) is 1.94. The van der Waals surface area contributed by atoms with E-state index in [4.69, 9.17) is 5.73 Å². The molecule has 0 fully saturated rings. The van der Waals surface area contributed by atoms with Gasteiger partial charge in [-0.2, -0.15) is 26.3 Å². The van der Waals surface area contributed by atoms with Gasteiger partial charge in [0.05, 0.1) is 11.1 Å². The maximum atomic E-state index is 12.8. The van der Waals surface area contributed by atoms with Gasteiger partial charge >= 0.3 is 12.4 Å². The van der Waals surface area contributed by atoms with Crippen LogP contribution in [0.5, 0.6) is 0 Å². The molecule has 0 unspecified atom stereocenters. The number of hydrogen-bond donors (Lipinski definition) is 1. The van der Waals surface area contributed by atoms with Crippen molar-refractivity contribution in [3.8, 4) is 0 Å². The molecule has 8 heteroatoms. The minimum Gasteiger partial charge on any atom is -0.324 e. The van der Waals surface area contributed by atoms with Crippen molar-refractivity contribution in [3.63, 3.8) is 0 Å². The van der Waals surface area contributed by atoms with E-state index in [0.717, 1.165) is 0 Å². The summed E-state index contributed by atoms with van der Waals surface area (Å²) in [7, 11) is 0. The Kier molecular flexibility index (Phi) is 6.56. The molecule has 1 aromatic rings. The highest BCUT2D eigenvalue weighted by molar-refractivity contribution is 5.85. The average molecular weight is 336 g/mol. The summed E-state index contributed by atoms with van der Waals surface area (Å²) in [5.41, 5.74) is 2.89. The molecule has 0 radical (unpaired) electrons. The molecular weight excluding hydrogens is 320 g/mol. The molecule has 0 spiro atoms. The van der Waals surface area contributed by atoms with E-state index in [0.29, 0.717) is 18.2 Å². The van der Waals surface area contributed by atoms with Crippen LogP contribution < -0.4 is 5.73 Å². The summed E-state index contributed by atoms with van der Waals surface area (Å²) in [6.07, 6.45) is -9.26. The van der Waals surface area contributed by atoms with Gasteiger partial charge in [-0.05, 0) is 36.1 Å². The largest absolute Gasteiger partial charge is 0.416 e. The number of benzene rings is 1. The Bertz CT molecular complexity index is 467. The molecule has 0 aliphatic rings. The summed E-state index contributed by atoms with van der Waals surface area (Å²) >= 11 is 0. The molecule has 1 rings (SSSR count). The molecule has 0 aliphatic carbocycles. The Hall–Kier alpha value is -0.950. The summed E-state index contributed by atoms with van der Waals surface area (Å²) in [6, 6.07) is 0.275. The number of hydrogen-bond acceptors (Lipinski definition) is 1. The Balaban J connectivity index is 0.00000400. The first-order valence-corrected chi connectivity index (χ1v) is 5.97. The molecule has 0 bridgehead atoms. The molecule has 1 nitrogen and oxygen atoms in total. The van der Waals surface area contributed by atoms with Crippen molar-refractivity contribution in [1.82, 2.24) is 0 Å². The Morgan fingerprint density at radius 3 is 1.90 bits per heavy atom. The highest BCUT2D eigenvalue weighted by Gasteiger charge is 2.38. The lowest BCUT2D eigenvalue weighted by Crippen LogP contribution is -2.20. The quantitative estimate of drug-likeness (QED) is 0.756. The summed E-state index contributed by atoms with van der Waals surface area (Å²) in [6.45, 7) is 3.47. The average Bonchev–Trinajstić information content (AvgIpc) is 2.24. The molecule has 0 amide bonds. The van der Waals surface area contributed by atoms with E-state index in [1.807, 2.05) is 0 Å². The summed E-state index contributed by atoms with van der Waals surface area (Å²) in [5, 5.41) is 0. The van der Waals surface area contributed by atoms with Gasteiger partial charge in [0, 0.05) is 6.04 Å². The number of alkyl halides is 6. The van der Waals surface area contributed by atoms with Crippen LogP contribution >= 0.6 is 12.4 Å². The Morgan fingerprint density at radius 1 is 1.00 bits per heavy atom. The van der Waals surface area contributed by atoms with E-state index in [2.05, 4.69) is 0 Å². The SMILES string of the molecule is CC(C)C[C@@H](N)c1cc(C(F)(F)F)ccc1C(F)(F)F.Cl. The molecule has 2 N–H and O–H groups in total. The van der Waals surface area contributed by atoms with Crippen molar-refractivity contribution >= 4 is 12.4 Å². The molecule has 1 aromatic carbocycles. The zero-order valence-electron chi connectivity index (χ0n) is 11.3. The molecule has 0 aliphatic heterocycles. The second kappa shape index (κ2) is 6.87. The van der Waals surface area contributed by atoms with Gasteiger partial charge in [0.1, 0.15) is 0 Å². The van der Waals surface area contributed by atoms with Gasteiger partial charge in [0.15, 0.2) is 0 Å². The number of nitrogens with two attached hydrogens (primary N) is 1. The summed E-state index contributed by atoms with van der Waals surface area (Å²) in [5.74, 6) is -0.0272. The van der Waals surface area contributed by atoms with Gasteiger partial charge in [0.2, 0.25) is 0 Å². The predicted octanol–water partition coefficient (Wildman–Crippen LogP) is 5.19. The fourth-order valence-corrected chi connectivity index (χ4v) is 1.94. The zero-order valence-corrected chi connectivity index (χ0v) is 12.2. The number of rotatable bonds is 3. The summed E-state index contributed by atoms with van der Waals surface area (Å²) in [4.78, 5) is 0. The van der Waals surface area contributed by atoms with Crippen molar-refractivity contribution in [2.24, 2.45) is 11.7 Å². The minimum absolute atomic E-state index is 0. The molecule has 122 valence electrons. The third-order valence-electron chi connectivity index (χ3n) is 2.81. The van der Waals surface area contributed by atoms with Crippen molar-refractivity contribution in [2.45, 2.75) is 38.7 Å². The van der Waals surface area contributed by atoms with Crippen molar-refractivity contribution < 1.29 is 26.3 Å². The van der Waals surface area contributed by atoms with Crippen molar-refractivity contribution in [2.75, 3.05) is 0 Å². The Labute approximate surface area is 124 Å². The van der Waals surface area contributed by atoms with Gasteiger partial charge in [-0.1, -0.05) is 13.8 Å². The first-order valence-electron chi connectivity index (χ1n) is 5.97. The third-order valence-corrected chi connectivity index (χ3v) is 2.81. The molecule has 0 saturated heterocycles. The monoisotopic (exact) mass is 335 g/mol. The lowest BCUT2D eigenvalue weighted by molar-refractivity contribution is -0.142. The Morgan fingerprint density at radius 2 is 1.52 bits per heavy atom. The van der Waals surface area contributed by atoms with Crippen LogP contribution in [0.3, 0.4) is 0 Å². The van der Waals surface area contributed by atoms with E-state index in [1.165, 1.54) is 0 Å². The van der Waals surface area contributed by atoms with Crippen LogP contribution in [-0.2, 0) is 12.4 Å². The smallest absolute Gasteiger partial charge is 0.324 e. The molecule has 0 aromatic heterocycles. The van der Waals surface area contributed by atoms with Crippen LogP contribution in [0.4, 0.5) is 26.3 Å². The van der Waals surface area contributed by atoms with Gasteiger partial charge in [0.25, 0.3) is 0 Å². The lowest BCUT2D eigenvalue weighted by atomic mass is 9.92. The second-order valence-electron chi connectivity index (χ2n) is 5.03. The molecule has 1 atom stereocenters. The van der Waals surface area contributed by atoms with E-state index in [9.17, 15) is 26.3 Å². The minimum atomic E-state index is -4.73. The van der Waals surface area contributed by atoms with Crippen LogP contribution in [0.2, 0.25) is 0 Å². The second-order valence-corrected chi connectivity index (χ2v) is 5.03. The van der Waals surface area contributed by atoms with Crippen LogP contribution in [0, 0.1) is 5.92 Å². The maximum Gasteiger partial charge on any atom is 0.416 e. The normalized spacial score (nSPS) is 14.0. The standard InChI is InChI=1S/C13H15F6N.ClH/c1-7(2)5-11(20)9-6-8(12(14,15)16)3-4-10(9)13(17,18)19;/h3-4,6-7,11H,5,20H2,1-2H3;1H/t11-;/m1./s1. The van der Waals surface area contributed by atoms with Crippen molar-refractivity contribution in [1.29, 1.82) is 0 Å². The summed E-state index contributed by atoms with van der Waals surface area (Å²) < 4.78 is 76.3. The highest BCUT2D eigenvalue weighted by atomic mass is 35.5. The topological polar surface area (TPSA) is 26.0 Å². The fraction of sp³-hybridized carbons (Fsp3) is 0.538. The van der Waals surface area contributed by atoms with Crippen LogP contribution in [0.1, 0.15) is 43.0 Å². The molecular formula is C13H16ClF6N. The first-order chi connectivity index (χ1) is 8.93. The van der Waals surface area contributed by atoms with Gasteiger partial charge in [-0.15, -0.1) is 12.4 Å². The third kappa shape index (κ3) is 5.39. The lowest BCUT2D eigenvalue weighted by Gasteiger charge is -2.21. The van der Waals surface area contributed by atoms with Gasteiger partial charge < -0.3 is 5.73 Å². The maximum absolute atomic E-state index is 12.8. The molecule has 0 saturated carbocycles. The van der Waals surface area contributed by atoms with E-state index < -0.39 is 35.1 Å². The van der Waals surface area contributed by atoms with Crippen molar-refractivity contribution in [3.05, 3.63) is 34.9 Å². The molecule has 0 heterocycles. The van der Waals surface area contributed by atoms with Crippen LogP contribution in [0.25, 0.3) is 0 Å². The first kappa shape index (κ1) is 20.1. The number of halogens is 7. The predicted molar refractivity (Wildman–Crippen MR) is 70.1 cm³/mol. The molecule has 21 heavy (non-hydrogen) atoms. The van der Waals surface area contributed by atoms with E-state index in [-0.39, 0.29) is 24.7 Å². The van der Waals surface area contributed by atoms with Crippen LogP contribution in [-0.4, -0.2) is 0 Å². The van der Waals surface area contributed by atoms with Crippen LogP contribution in [0.15, 0.2) is 18.2 Å².